The molecular formula is C27H42O2. The van der Waals surface area contributed by atoms with Crippen LogP contribution in [0.15, 0.2) is 11.6 Å². The van der Waals surface area contributed by atoms with Crippen LogP contribution >= 0.6 is 0 Å². The Labute approximate surface area is 178 Å². The topological polar surface area (TPSA) is 34.1 Å². The Balaban J connectivity index is 1.54. The molecular weight excluding hydrogens is 356 g/mol. The highest BCUT2D eigenvalue weighted by Crippen LogP contribution is 2.67. The van der Waals surface area contributed by atoms with Crippen molar-refractivity contribution in [2.45, 2.75) is 98.8 Å². The predicted molar refractivity (Wildman–Crippen MR) is 118 cm³/mol. The van der Waals surface area contributed by atoms with Crippen molar-refractivity contribution in [2.75, 3.05) is 0 Å². The molecule has 0 aliphatic heterocycles. The molecule has 0 aromatic carbocycles. The van der Waals surface area contributed by atoms with E-state index in [1.807, 2.05) is 0 Å². The summed E-state index contributed by atoms with van der Waals surface area (Å²) in [4.78, 5) is 25.1. The fraction of sp³-hybridized carbons (Fsp3) is 0.852. The maximum absolute atomic E-state index is 13.1. The summed E-state index contributed by atoms with van der Waals surface area (Å²) in [6.07, 6.45) is 13.3. The molecule has 0 aromatic rings. The number of carbonyl (C=O) groups is 2. The molecule has 0 bridgehead atoms. The number of carbonyl (C=O) groups excluding carboxylic acids is 2. The van der Waals surface area contributed by atoms with Gasteiger partial charge in [0.05, 0.1) is 0 Å². The zero-order chi connectivity index (χ0) is 21.0. The molecule has 0 N–H and O–H groups in total. The second-order valence-corrected chi connectivity index (χ2v) is 12.0. The van der Waals surface area contributed by atoms with Gasteiger partial charge >= 0.3 is 0 Å². The van der Waals surface area contributed by atoms with Gasteiger partial charge < -0.3 is 0 Å². The third-order valence-electron chi connectivity index (χ3n) is 9.99. The maximum Gasteiger partial charge on any atom is 0.159 e. The molecule has 29 heavy (non-hydrogen) atoms. The Morgan fingerprint density at radius 1 is 1.00 bits per heavy atom. The van der Waals surface area contributed by atoms with Crippen molar-refractivity contribution in [2.24, 2.45) is 46.3 Å². The third kappa shape index (κ3) is 3.47. The Morgan fingerprint density at radius 2 is 1.76 bits per heavy atom. The van der Waals surface area contributed by atoms with Crippen LogP contribution in [0.25, 0.3) is 0 Å². The average molecular weight is 399 g/mol. The van der Waals surface area contributed by atoms with Crippen LogP contribution in [-0.4, -0.2) is 11.6 Å². The molecule has 4 rings (SSSR count). The van der Waals surface area contributed by atoms with Crippen LogP contribution in [0.5, 0.6) is 0 Å². The summed E-state index contributed by atoms with van der Waals surface area (Å²) in [6, 6.07) is 0. The molecule has 2 nitrogen and oxygen atoms in total. The number of ketones is 2. The van der Waals surface area contributed by atoms with Gasteiger partial charge in [-0.3, -0.25) is 9.59 Å². The standard InChI is InChI=1S/C27H42O2/c1-17(2)7-6-8-18(3)21-9-10-22-20-16-25(29)24-15-19(28)11-13-27(24,5)23(20)12-14-26(21,22)4/h15,17-18,20-23H,6-14,16H2,1-5H3/t18-,20-,21+,22-,23-,26+,27+/m0/s1. The van der Waals surface area contributed by atoms with Crippen LogP contribution in [-0.2, 0) is 9.59 Å². The molecule has 0 amide bonds. The highest BCUT2D eigenvalue weighted by atomic mass is 16.1. The zero-order valence-electron chi connectivity index (χ0n) is 19.4. The first-order valence-corrected chi connectivity index (χ1v) is 12.4. The van der Waals surface area contributed by atoms with Crippen LogP contribution in [0.1, 0.15) is 98.8 Å². The van der Waals surface area contributed by atoms with Gasteiger partial charge in [-0.25, -0.2) is 0 Å². The molecule has 0 unspecified atom stereocenters. The Bertz CT molecular complexity index is 703. The predicted octanol–water partition coefficient (Wildman–Crippen LogP) is 6.78. The lowest BCUT2D eigenvalue weighted by atomic mass is 9.46. The molecule has 0 heterocycles. The van der Waals surface area contributed by atoms with Crippen molar-refractivity contribution < 1.29 is 9.59 Å². The Kier molecular flexibility index (Phi) is 5.62. The van der Waals surface area contributed by atoms with Crippen LogP contribution in [0, 0.1) is 46.3 Å². The van der Waals surface area contributed by atoms with E-state index in [9.17, 15) is 9.59 Å². The van der Waals surface area contributed by atoms with E-state index in [-0.39, 0.29) is 11.2 Å². The van der Waals surface area contributed by atoms with Gasteiger partial charge in [-0.2, -0.15) is 0 Å². The van der Waals surface area contributed by atoms with Crippen LogP contribution in [0.2, 0.25) is 0 Å². The molecule has 0 radical (unpaired) electrons. The minimum Gasteiger partial charge on any atom is -0.295 e. The Hall–Kier alpha value is -0.920. The van der Waals surface area contributed by atoms with Gasteiger partial charge in [-0.05, 0) is 84.5 Å². The first-order valence-electron chi connectivity index (χ1n) is 12.4. The van der Waals surface area contributed by atoms with E-state index < -0.39 is 0 Å². The van der Waals surface area contributed by atoms with E-state index in [0.29, 0.717) is 41.8 Å². The lowest BCUT2D eigenvalue weighted by Crippen LogP contribution is -2.53. The summed E-state index contributed by atoms with van der Waals surface area (Å²) < 4.78 is 0. The van der Waals surface area contributed by atoms with Crippen LogP contribution in [0.4, 0.5) is 0 Å². The monoisotopic (exact) mass is 398 g/mol. The van der Waals surface area contributed by atoms with E-state index >= 15 is 0 Å². The molecule has 3 saturated carbocycles. The summed E-state index contributed by atoms with van der Waals surface area (Å²) in [5.41, 5.74) is 1.26. The molecule has 0 spiro atoms. The second-order valence-electron chi connectivity index (χ2n) is 12.0. The molecule has 4 aliphatic rings. The Morgan fingerprint density at radius 3 is 2.48 bits per heavy atom. The fourth-order valence-corrected chi connectivity index (χ4v) is 8.41. The van der Waals surface area contributed by atoms with Gasteiger partial charge in [0.25, 0.3) is 0 Å². The SMILES string of the molecule is CC(C)CCC[C@H](C)[C@H]1CC[C@H]2[C@@H]3CC(=O)C4=CC(=O)CC[C@]4(C)[C@H]3CC[C@]12C. The lowest BCUT2D eigenvalue weighted by molar-refractivity contribution is -0.131. The van der Waals surface area contributed by atoms with Gasteiger partial charge in [-0.15, -0.1) is 0 Å². The number of allylic oxidation sites excluding steroid dienone is 1. The quantitative estimate of drug-likeness (QED) is 0.512. The van der Waals surface area contributed by atoms with Crippen molar-refractivity contribution >= 4 is 11.6 Å². The zero-order valence-corrected chi connectivity index (χ0v) is 19.4. The third-order valence-corrected chi connectivity index (χ3v) is 9.99. The van der Waals surface area contributed by atoms with Crippen LogP contribution < -0.4 is 0 Å². The largest absolute Gasteiger partial charge is 0.295 e. The van der Waals surface area contributed by atoms with Gasteiger partial charge in [0.15, 0.2) is 11.6 Å². The van der Waals surface area contributed by atoms with Crippen molar-refractivity contribution in [3.8, 4) is 0 Å². The van der Waals surface area contributed by atoms with E-state index in [1.54, 1.807) is 6.08 Å². The maximum atomic E-state index is 13.1. The van der Waals surface area contributed by atoms with Crippen molar-refractivity contribution in [1.29, 1.82) is 0 Å². The summed E-state index contributed by atoms with van der Waals surface area (Å²) in [5, 5.41) is 0. The highest BCUT2D eigenvalue weighted by Gasteiger charge is 2.60. The number of hydrogen-bond acceptors (Lipinski definition) is 2. The van der Waals surface area contributed by atoms with E-state index in [0.717, 1.165) is 29.7 Å². The second kappa shape index (κ2) is 7.65. The van der Waals surface area contributed by atoms with Crippen molar-refractivity contribution in [3.63, 3.8) is 0 Å². The first-order chi connectivity index (χ1) is 13.7. The summed E-state index contributed by atoms with van der Waals surface area (Å²) in [6.45, 7) is 12.1. The van der Waals surface area contributed by atoms with E-state index in [2.05, 4.69) is 34.6 Å². The minimum atomic E-state index is -0.0454. The first kappa shape index (κ1) is 21.3. The molecule has 0 aromatic heterocycles. The van der Waals surface area contributed by atoms with Crippen molar-refractivity contribution in [1.82, 2.24) is 0 Å². The minimum absolute atomic E-state index is 0.0454. The van der Waals surface area contributed by atoms with Gasteiger partial charge in [0.1, 0.15) is 0 Å². The highest BCUT2D eigenvalue weighted by molar-refractivity contribution is 6.05. The van der Waals surface area contributed by atoms with E-state index in [1.165, 1.54) is 44.9 Å². The lowest BCUT2D eigenvalue weighted by Gasteiger charge is -2.57. The molecule has 162 valence electrons. The number of hydrogen-bond donors (Lipinski definition) is 0. The molecule has 2 heteroatoms. The van der Waals surface area contributed by atoms with Gasteiger partial charge in [-0.1, -0.05) is 53.9 Å². The van der Waals surface area contributed by atoms with Gasteiger partial charge in [0, 0.05) is 18.4 Å². The van der Waals surface area contributed by atoms with Gasteiger partial charge in [0.2, 0.25) is 0 Å². The summed E-state index contributed by atoms with van der Waals surface area (Å²) in [5.74, 6) is 4.76. The smallest absolute Gasteiger partial charge is 0.159 e. The number of Topliss-reactive ketones (excluding diaryl/α,β-unsaturated/α-hetero) is 1. The molecule has 0 saturated heterocycles. The average Bonchev–Trinajstić information content (AvgIpc) is 3.00. The molecule has 4 aliphatic carbocycles. The molecule has 3 fully saturated rings. The number of fused-ring (bicyclic) bond motifs is 5. The summed E-state index contributed by atoms with van der Waals surface area (Å²) in [7, 11) is 0. The molecule has 7 atom stereocenters. The summed E-state index contributed by atoms with van der Waals surface area (Å²) >= 11 is 0. The van der Waals surface area contributed by atoms with Crippen LogP contribution in [0.3, 0.4) is 0 Å². The normalized spacial score (nSPS) is 42.9. The fourth-order valence-electron chi connectivity index (χ4n) is 8.41. The number of rotatable bonds is 5. The van der Waals surface area contributed by atoms with Crippen molar-refractivity contribution in [3.05, 3.63) is 11.6 Å². The van der Waals surface area contributed by atoms with E-state index in [4.69, 9.17) is 0 Å².